The molecule has 7 heteroatoms. The summed E-state index contributed by atoms with van der Waals surface area (Å²) in [6, 6.07) is 0. The fourth-order valence-corrected chi connectivity index (χ4v) is 2.29. The van der Waals surface area contributed by atoms with Gasteiger partial charge in [-0.2, -0.15) is 0 Å². The lowest BCUT2D eigenvalue weighted by molar-refractivity contribution is 0.0947. The molecule has 0 atom stereocenters. The zero-order valence-electron chi connectivity index (χ0n) is 8.34. The van der Waals surface area contributed by atoms with Gasteiger partial charge in [0.25, 0.3) is 5.91 Å². The number of nitrogens with zero attached hydrogens (tertiary/aromatic N) is 2. The Morgan fingerprint density at radius 3 is 3.00 bits per heavy atom. The summed E-state index contributed by atoms with van der Waals surface area (Å²) >= 11 is 2.90. The van der Waals surface area contributed by atoms with Gasteiger partial charge < -0.3 is 11.1 Å². The second-order valence-corrected chi connectivity index (χ2v) is 4.89. The molecule has 0 aliphatic rings. The molecular weight excluding hydrogens is 244 g/mol. The Bertz CT molecular complexity index is 466. The third kappa shape index (κ3) is 2.63. The highest BCUT2D eigenvalue weighted by atomic mass is 32.1. The molecule has 2 aromatic heterocycles. The van der Waals surface area contributed by atoms with Crippen molar-refractivity contribution in [1.29, 1.82) is 0 Å². The van der Waals surface area contributed by atoms with E-state index in [0.717, 1.165) is 9.88 Å². The van der Waals surface area contributed by atoms with Crippen LogP contribution in [-0.2, 0) is 13.1 Å². The number of carbonyl (C=O) groups is 1. The lowest BCUT2D eigenvalue weighted by Crippen LogP contribution is -2.22. The molecule has 2 aromatic rings. The van der Waals surface area contributed by atoms with Crippen LogP contribution in [0.1, 0.15) is 20.4 Å². The standard InChI is InChI=1S/C9H10N4OS2/c10-1-8-13-7(4-15-8)9(14)12-3-6-2-11-5-16-6/h2,4-5H,1,3,10H2,(H,12,14). The van der Waals surface area contributed by atoms with E-state index in [4.69, 9.17) is 5.73 Å². The van der Waals surface area contributed by atoms with Crippen molar-refractivity contribution in [2.24, 2.45) is 5.73 Å². The third-order valence-corrected chi connectivity index (χ3v) is 3.52. The second-order valence-electron chi connectivity index (χ2n) is 2.98. The number of hydrogen-bond donors (Lipinski definition) is 2. The minimum absolute atomic E-state index is 0.177. The van der Waals surface area contributed by atoms with Gasteiger partial charge in [-0.1, -0.05) is 0 Å². The predicted octanol–water partition coefficient (Wildman–Crippen LogP) is 0.988. The molecule has 0 aromatic carbocycles. The number of aromatic nitrogens is 2. The van der Waals surface area contributed by atoms with Crippen LogP contribution >= 0.6 is 22.7 Å². The Labute approximate surface area is 100 Å². The van der Waals surface area contributed by atoms with Crippen molar-refractivity contribution < 1.29 is 4.79 Å². The first-order valence-electron chi connectivity index (χ1n) is 4.59. The van der Waals surface area contributed by atoms with Crippen LogP contribution in [0.25, 0.3) is 0 Å². The van der Waals surface area contributed by atoms with Gasteiger partial charge in [0, 0.05) is 23.0 Å². The van der Waals surface area contributed by atoms with Crippen molar-refractivity contribution in [3.63, 3.8) is 0 Å². The average Bonchev–Trinajstić information content (AvgIpc) is 2.96. The van der Waals surface area contributed by atoms with Crippen LogP contribution in [-0.4, -0.2) is 15.9 Å². The molecule has 0 saturated heterocycles. The fourth-order valence-electron chi connectivity index (χ4n) is 1.10. The quantitative estimate of drug-likeness (QED) is 0.852. The van der Waals surface area contributed by atoms with E-state index in [2.05, 4.69) is 15.3 Å². The maximum Gasteiger partial charge on any atom is 0.271 e. The molecule has 16 heavy (non-hydrogen) atoms. The summed E-state index contributed by atoms with van der Waals surface area (Å²) in [7, 11) is 0. The Morgan fingerprint density at radius 1 is 1.50 bits per heavy atom. The Morgan fingerprint density at radius 2 is 2.38 bits per heavy atom. The molecule has 0 spiro atoms. The maximum atomic E-state index is 11.6. The second kappa shape index (κ2) is 5.15. The van der Waals surface area contributed by atoms with Gasteiger partial charge in [-0.05, 0) is 0 Å². The highest BCUT2D eigenvalue weighted by molar-refractivity contribution is 7.10. The predicted molar refractivity (Wildman–Crippen MR) is 63.3 cm³/mol. The van der Waals surface area contributed by atoms with Crippen LogP contribution in [0, 0.1) is 0 Å². The van der Waals surface area contributed by atoms with Crippen molar-refractivity contribution in [2.45, 2.75) is 13.1 Å². The van der Waals surface area contributed by atoms with Crippen LogP contribution in [0.3, 0.4) is 0 Å². The zero-order chi connectivity index (χ0) is 11.4. The SMILES string of the molecule is NCc1nc(C(=O)NCc2cncs2)cs1. The molecule has 0 aliphatic heterocycles. The highest BCUT2D eigenvalue weighted by Gasteiger charge is 2.09. The van der Waals surface area contributed by atoms with Gasteiger partial charge in [0.05, 0.1) is 12.1 Å². The largest absolute Gasteiger partial charge is 0.346 e. The smallest absolute Gasteiger partial charge is 0.271 e. The van der Waals surface area contributed by atoms with Gasteiger partial charge in [0.1, 0.15) is 10.7 Å². The molecule has 2 heterocycles. The van der Waals surface area contributed by atoms with E-state index in [-0.39, 0.29) is 5.91 Å². The van der Waals surface area contributed by atoms with Crippen LogP contribution in [0.5, 0.6) is 0 Å². The van der Waals surface area contributed by atoms with E-state index in [1.807, 2.05) is 0 Å². The van der Waals surface area contributed by atoms with Crippen molar-refractivity contribution in [1.82, 2.24) is 15.3 Å². The Kier molecular flexibility index (Phi) is 3.60. The summed E-state index contributed by atoms with van der Waals surface area (Å²) in [5, 5.41) is 5.25. The van der Waals surface area contributed by atoms with Crippen molar-refractivity contribution in [3.8, 4) is 0 Å². The summed E-state index contributed by atoms with van der Waals surface area (Å²) in [6.07, 6.45) is 1.73. The van der Waals surface area contributed by atoms with E-state index >= 15 is 0 Å². The first kappa shape index (κ1) is 11.2. The summed E-state index contributed by atoms with van der Waals surface area (Å²) in [5.74, 6) is -0.177. The summed E-state index contributed by atoms with van der Waals surface area (Å²) in [6.45, 7) is 0.853. The van der Waals surface area contributed by atoms with Crippen LogP contribution < -0.4 is 11.1 Å². The van der Waals surface area contributed by atoms with Gasteiger partial charge in [-0.15, -0.1) is 22.7 Å². The molecule has 0 saturated carbocycles. The molecule has 84 valence electrons. The first-order chi connectivity index (χ1) is 7.79. The summed E-state index contributed by atoms with van der Waals surface area (Å²) < 4.78 is 0. The van der Waals surface area contributed by atoms with Gasteiger partial charge in [0.2, 0.25) is 0 Å². The number of hydrogen-bond acceptors (Lipinski definition) is 6. The van der Waals surface area contributed by atoms with E-state index in [1.165, 1.54) is 22.7 Å². The lowest BCUT2D eigenvalue weighted by atomic mass is 10.4. The number of nitrogens with two attached hydrogens (primary N) is 1. The zero-order valence-corrected chi connectivity index (χ0v) is 9.98. The van der Waals surface area contributed by atoms with Crippen LogP contribution in [0.15, 0.2) is 17.1 Å². The fraction of sp³-hybridized carbons (Fsp3) is 0.222. The first-order valence-corrected chi connectivity index (χ1v) is 6.35. The van der Waals surface area contributed by atoms with Crippen LogP contribution in [0.4, 0.5) is 0 Å². The van der Waals surface area contributed by atoms with Crippen LogP contribution in [0.2, 0.25) is 0 Å². The minimum Gasteiger partial charge on any atom is -0.346 e. The third-order valence-electron chi connectivity index (χ3n) is 1.87. The Balaban J connectivity index is 1.93. The number of carbonyl (C=O) groups excluding carboxylic acids is 1. The molecule has 5 nitrogen and oxygen atoms in total. The number of rotatable bonds is 4. The molecule has 0 fully saturated rings. The highest BCUT2D eigenvalue weighted by Crippen LogP contribution is 2.09. The van der Waals surface area contributed by atoms with Gasteiger partial charge in [-0.3, -0.25) is 9.78 Å². The number of amides is 1. The lowest BCUT2D eigenvalue weighted by Gasteiger charge is -1.99. The molecule has 0 unspecified atom stereocenters. The van der Waals surface area contributed by atoms with E-state index in [9.17, 15) is 4.79 Å². The summed E-state index contributed by atoms with van der Waals surface area (Å²) in [4.78, 5) is 20.7. The maximum absolute atomic E-state index is 11.6. The topological polar surface area (TPSA) is 80.9 Å². The molecular formula is C9H10N4OS2. The number of nitrogens with one attached hydrogen (secondary N) is 1. The van der Waals surface area contributed by atoms with E-state index in [0.29, 0.717) is 18.8 Å². The van der Waals surface area contributed by atoms with Gasteiger partial charge in [-0.25, -0.2) is 4.98 Å². The average molecular weight is 254 g/mol. The Hall–Kier alpha value is -1.31. The van der Waals surface area contributed by atoms with Gasteiger partial charge in [0.15, 0.2) is 0 Å². The van der Waals surface area contributed by atoms with E-state index in [1.54, 1.807) is 17.1 Å². The molecule has 0 radical (unpaired) electrons. The molecule has 0 aliphatic carbocycles. The molecule has 3 N–H and O–H groups in total. The van der Waals surface area contributed by atoms with E-state index < -0.39 is 0 Å². The normalized spacial score (nSPS) is 10.3. The summed E-state index contributed by atoms with van der Waals surface area (Å²) in [5.41, 5.74) is 7.58. The molecule has 0 bridgehead atoms. The van der Waals surface area contributed by atoms with Gasteiger partial charge >= 0.3 is 0 Å². The van der Waals surface area contributed by atoms with Crippen molar-refractivity contribution in [3.05, 3.63) is 32.7 Å². The van der Waals surface area contributed by atoms with Crippen molar-refractivity contribution in [2.75, 3.05) is 0 Å². The molecule has 2 rings (SSSR count). The number of thiazole rings is 2. The molecule has 1 amide bonds. The van der Waals surface area contributed by atoms with Crippen molar-refractivity contribution >= 4 is 28.6 Å². The minimum atomic E-state index is -0.177. The monoisotopic (exact) mass is 254 g/mol.